The van der Waals surface area contributed by atoms with Crippen molar-refractivity contribution in [1.29, 1.82) is 0 Å². The van der Waals surface area contributed by atoms with E-state index in [2.05, 4.69) is 6.92 Å². The van der Waals surface area contributed by atoms with E-state index in [1.165, 1.54) is 0 Å². The molecule has 0 aliphatic carbocycles. The molecule has 0 aromatic heterocycles. The predicted octanol–water partition coefficient (Wildman–Crippen LogP) is 3.20. The third-order valence-corrected chi connectivity index (χ3v) is 2.93. The average Bonchev–Trinajstić information content (AvgIpc) is 2.34. The first-order valence-electron chi connectivity index (χ1n) is 6.12. The van der Waals surface area contributed by atoms with Crippen molar-refractivity contribution in [2.75, 3.05) is 14.2 Å². The van der Waals surface area contributed by atoms with Crippen LogP contribution in [0, 0.1) is 6.92 Å². The largest absolute Gasteiger partial charge is 0.496 e. The van der Waals surface area contributed by atoms with Crippen LogP contribution in [0.4, 0.5) is 0 Å². The molecule has 0 aliphatic heterocycles. The minimum absolute atomic E-state index is 0.0274. The van der Waals surface area contributed by atoms with Crippen molar-refractivity contribution >= 4 is 0 Å². The number of rotatable bonds is 6. The van der Waals surface area contributed by atoms with E-state index in [9.17, 15) is 0 Å². The second-order valence-electron chi connectivity index (χ2n) is 4.33. The fourth-order valence-electron chi connectivity index (χ4n) is 2.00. The Morgan fingerprint density at radius 1 is 1.18 bits per heavy atom. The molecule has 0 spiro atoms. The lowest BCUT2D eigenvalue weighted by atomic mass is 9.98. The van der Waals surface area contributed by atoms with E-state index >= 15 is 0 Å². The first-order chi connectivity index (χ1) is 8.13. The van der Waals surface area contributed by atoms with Gasteiger partial charge in [-0.05, 0) is 31.0 Å². The summed E-state index contributed by atoms with van der Waals surface area (Å²) >= 11 is 0. The molecule has 0 amide bonds. The van der Waals surface area contributed by atoms with Gasteiger partial charge in [-0.1, -0.05) is 19.8 Å². The molecule has 1 aromatic carbocycles. The number of nitrogens with two attached hydrogens (primary N) is 1. The highest BCUT2D eigenvalue weighted by atomic mass is 16.5. The summed E-state index contributed by atoms with van der Waals surface area (Å²) in [4.78, 5) is 0. The first kappa shape index (κ1) is 13.8. The highest BCUT2D eigenvalue weighted by Crippen LogP contribution is 2.36. The third-order valence-electron chi connectivity index (χ3n) is 2.93. The lowest BCUT2D eigenvalue weighted by Crippen LogP contribution is -2.13. The van der Waals surface area contributed by atoms with Gasteiger partial charge in [0.25, 0.3) is 0 Å². The van der Waals surface area contributed by atoms with Gasteiger partial charge in [-0.3, -0.25) is 0 Å². The molecule has 17 heavy (non-hydrogen) atoms. The highest BCUT2D eigenvalue weighted by Gasteiger charge is 2.17. The van der Waals surface area contributed by atoms with Gasteiger partial charge in [-0.25, -0.2) is 0 Å². The summed E-state index contributed by atoms with van der Waals surface area (Å²) in [6, 6.07) is 3.98. The quantitative estimate of drug-likeness (QED) is 0.826. The molecule has 1 atom stereocenters. The number of methoxy groups -OCH3 is 2. The van der Waals surface area contributed by atoms with Gasteiger partial charge in [-0.15, -0.1) is 0 Å². The van der Waals surface area contributed by atoms with Crippen molar-refractivity contribution in [1.82, 2.24) is 0 Å². The molecule has 0 aliphatic rings. The van der Waals surface area contributed by atoms with Crippen molar-refractivity contribution in [2.24, 2.45) is 5.73 Å². The molecule has 0 heterocycles. The third kappa shape index (κ3) is 3.37. The molecular formula is C14H23NO2. The van der Waals surface area contributed by atoms with Gasteiger partial charge in [0, 0.05) is 6.04 Å². The first-order valence-corrected chi connectivity index (χ1v) is 6.12. The number of hydrogen-bond donors (Lipinski definition) is 1. The molecule has 0 unspecified atom stereocenters. The Hall–Kier alpha value is -1.22. The Morgan fingerprint density at radius 2 is 1.71 bits per heavy atom. The van der Waals surface area contributed by atoms with Gasteiger partial charge < -0.3 is 15.2 Å². The summed E-state index contributed by atoms with van der Waals surface area (Å²) in [6.07, 6.45) is 3.21. The number of hydrogen-bond acceptors (Lipinski definition) is 3. The van der Waals surface area contributed by atoms with Gasteiger partial charge in [-0.2, -0.15) is 0 Å². The Bertz CT molecular complexity index is 338. The van der Waals surface area contributed by atoms with Crippen LogP contribution in [0.1, 0.15) is 43.4 Å². The van der Waals surface area contributed by atoms with Crippen LogP contribution in [0.5, 0.6) is 11.5 Å². The molecule has 1 rings (SSSR count). The zero-order valence-corrected chi connectivity index (χ0v) is 11.2. The average molecular weight is 237 g/mol. The molecule has 3 heteroatoms. The molecule has 2 N–H and O–H groups in total. The lowest BCUT2D eigenvalue weighted by Gasteiger charge is -2.19. The highest BCUT2D eigenvalue weighted by molar-refractivity contribution is 5.49. The van der Waals surface area contributed by atoms with Crippen molar-refractivity contribution < 1.29 is 9.47 Å². The normalized spacial score (nSPS) is 12.3. The monoisotopic (exact) mass is 237 g/mol. The summed E-state index contributed by atoms with van der Waals surface area (Å²) in [5.41, 5.74) is 8.32. The topological polar surface area (TPSA) is 44.5 Å². The van der Waals surface area contributed by atoms with E-state index in [1.54, 1.807) is 14.2 Å². The van der Waals surface area contributed by atoms with Crippen molar-refractivity contribution in [3.05, 3.63) is 23.3 Å². The van der Waals surface area contributed by atoms with Crippen LogP contribution in [-0.2, 0) is 0 Å². The molecule has 0 saturated carbocycles. The molecule has 3 nitrogen and oxygen atoms in total. The van der Waals surface area contributed by atoms with E-state index in [0.717, 1.165) is 41.9 Å². The maximum absolute atomic E-state index is 6.22. The summed E-state index contributed by atoms with van der Waals surface area (Å²) in [5.74, 6) is 1.65. The molecule has 0 fully saturated rings. The van der Waals surface area contributed by atoms with Gasteiger partial charge in [0.1, 0.15) is 11.5 Å². The summed E-state index contributed by atoms with van der Waals surface area (Å²) in [5, 5.41) is 0. The molecule has 0 bridgehead atoms. The van der Waals surface area contributed by atoms with Crippen molar-refractivity contribution in [3.63, 3.8) is 0 Å². The van der Waals surface area contributed by atoms with E-state index < -0.39 is 0 Å². The Kier molecular flexibility index (Phi) is 5.29. The molecule has 0 radical (unpaired) electrons. The van der Waals surface area contributed by atoms with Gasteiger partial charge in [0.2, 0.25) is 0 Å². The van der Waals surface area contributed by atoms with Crippen LogP contribution in [0.25, 0.3) is 0 Å². The zero-order valence-electron chi connectivity index (χ0n) is 11.2. The lowest BCUT2D eigenvalue weighted by molar-refractivity contribution is 0.375. The smallest absolute Gasteiger partial charge is 0.127 e. The molecule has 96 valence electrons. The van der Waals surface area contributed by atoms with Crippen molar-refractivity contribution in [2.45, 2.75) is 39.2 Å². The maximum atomic E-state index is 6.22. The van der Waals surface area contributed by atoms with Gasteiger partial charge >= 0.3 is 0 Å². The second-order valence-corrected chi connectivity index (χ2v) is 4.33. The van der Waals surface area contributed by atoms with Crippen LogP contribution in [0.2, 0.25) is 0 Å². The predicted molar refractivity (Wildman–Crippen MR) is 70.7 cm³/mol. The van der Waals surface area contributed by atoms with E-state index in [1.807, 2.05) is 19.1 Å². The van der Waals surface area contributed by atoms with Crippen LogP contribution in [0.3, 0.4) is 0 Å². The Balaban J connectivity index is 3.09. The summed E-state index contributed by atoms with van der Waals surface area (Å²) in [7, 11) is 3.34. The van der Waals surface area contributed by atoms with Crippen molar-refractivity contribution in [3.8, 4) is 11.5 Å². The summed E-state index contributed by atoms with van der Waals surface area (Å²) < 4.78 is 10.8. The minimum atomic E-state index is -0.0274. The Morgan fingerprint density at radius 3 is 2.12 bits per heavy atom. The molecular weight excluding hydrogens is 214 g/mol. The second kappa shape index (κ2) is 6.50. The van der Waals surface area contributed by atoms with Gasteiger partial charge in [0.15, 0.2) is 0 Å². The zero-order chi connectivity index (χ0) is 12.8. The number of unbranched alkanes of at least 4 members (excludes halogenated alkanes) is 1. The van der Waals surface area contributed by atoms with Crippen LogP contribution in [-0.4, -0.2) is 14.2 Å². The Labute approximate surface area is 104 Å². The molecule has 0 saturated heterocycles. The number of ether oxygens (including phenoxy) is 2. The fourth-order valence-corrected chi connectivity index (χ4v) is 2.00. The molecule has 1 aromatic rings. The standard InChI is InChI=1S/C14H23NO2/c1-5-6-7-11(15)14-12(16-3)8-10(2)9-13(14)17-4/h8-9,11H,5-7,15H2,1-4H3/t11-/m1/s1. The van der Waals surface area contributed by atoms with Crippen LogP contribution < -0.4 is 15.2 Å². The SMILES string of the molecule is CCCC[C@@H](N)c1c(OC)cc(C)cc1OC. The van der Waals surface area contributed by atoms with Crippen LogP contribution in [0.15, 0.2) is 12.1 Å². The summed E-state index contributed by atoms with van der Waals surface area (Å²) in [6.45, 7) is 4.18. The number of aryl methyl sites for hydroxylation is 1. The van der Waals surface area contributed by atoms with E-state index in [4.69, 9.17) is 15.2 Å². The number of benzene rings is 1. The van der Waals surface area contributed by atoms with Gasteiger partial charge in [0.05, 0.1) is 19.8 Å². The van der Waals surface area contributed by atoms with E-state index in [-0.39, 0.29) is 6.04 Å². The minimum Gasteiger partial charge on any atom is -0.496 e. The van der Waals surface area contributed by atoms with E-state index in [0.29, 0.717) is 0 Å². The van der Waals surface area contributed by atoms with Crippen LogP contribution >= 0.6 is 0 Å². The fraction of sp³-hybridized carbons (Fsp3) is 0.571. The maximum Gasteiger partial charge on any atom is 0.127 e.